The van der Waals surface area contributed by atoms with Crippen molar-refractivity contribution in [2.24, 2.45) is 5.73 Å². The number of carbonyl (C=O) groups excluding carboxylic acids is 1. The van der Waals surface area contributed by atoms with E-state index >= 15 is 0 Å². The number of rotatable bonds is 1. The molecule has 3 rings (SSSR count). The molecule has 0 aromatic carbocycles. The Kier molecular flexibility index (Phi) is 2.64. The Morgan fingerprint density at radius 2 is 2.22 bits per heavy atom. The molecule has 1 unspecified atom stereocenters. The van der Waals surface area contributed by atoms with Gasteiger partial charge >= 0.3 is 6.03 Å². The molecule has 1 atom stereocenters. The first kappa shape index (κ1) is 11.0. The third kappa shape index (κ3) is 1.80. The first-order chi connectivity index (χ1) is 8.75. The number of hydrazine groups is 1. The highest BCUT2D eigenvalue weighted by Crippen LogP contribution is 2.31. The van der Waals surface area contributed by atoms with Crippen LogP contribution in [0.2, 0.25) is 0 Å². The van der Waals surface area contributed by atoms with E-state index in [1.807, 2.05) is 12.1 Å². The largest absolute Gasteiger partial charge is 0.351 e. The molecule has 1 aromatic heterocycles. The van der Waals surface area contributed by atoms with E-state index in [2.05, 4.69) is 15.8 Å². The molecule has 0 saturated carbocycles. The van der Waals surface area contributed by atoms with Crippen LogP contribution in [0, 0.1) is 0 Å². The van der Waals surface area contributed by atoms with Gasteiger partial charge in [-0.05, 0) is 23.3 Å². The minimum absolute atomic E-state index is 0.0881. The van der Waals surface area contributed by atoms with Gasteiger partial charge in [-0.1, -0.05) is 0 Å². The van der Waals surface area contributed by atoms with Crippen molar-refractivity contribution in [3.05, 3.63) is 41.4 Å². The average Bonchev–Trinajstić information content (AvgIpc) is 2.82. The second kappa shape index (κ2) is 4.30. The number of urea groups is 1. The van der Waals surface area contributed by atoms with Gasteiger partial charge in [-0.15, -0.1) is 0 Å². The molecule has 2 aliphatic heterocycles. The van der Waals surface area contributed by atoms with Crippen LogP contribution in [-0.2, 0) is 0 Å². The molecule has 0 saturated heterocycles. The van der Waals surface area contributed by atoms with Gasteiger partial charge in [0.1, 0.15) is 0 Å². The number of amides is 2. The van der Waals surface area contributed by atoms with Gasteiger partial charge in [0.05, 0.1) is 6.04 Å². The Morgan fingerprint density at radius 3 is 2.94 bits per heavy atom. The summed E-state index contributed by atoms with van der Waals surface area (Å²) in [5, 5.41) is 0. The number of pyridine rings is 1. The zero-order valence-electron chi connectivity index (χ0n) is 9.89. The lowest BCUT2D eigenvalue weighted by atomic mass is 9.96. The van der Waals surface area contributed by atoms with Crippen LogP contribution in [0.4, 0.5) is 4.79 Å². The molecule has 6 heteroatoms. The SMILES string of the molecule is NC(=O)N1CCC2=C(C1)C(c1ccncc1)NN2. The first-order valence-electron chi connectivity index (χ1n) is 5.93. The van der Waals surface area contributed by atoms with Gasteiger partial charge in [-0.2, -0.15) is 0 Å². The summed E-state index contributed by atoms with van der Waals surface area (Å²) in [7, 11) is 0. The van der Waals surface area contributed by atoms with Gasteiger partial charge < -0.3 is 16.1 Å². The molecule has 0 fully saturated rings. The van der Waals surface area contributed by atoms with Crippen LogP contribution < -0.4 is 16.6 Å². The summed E-state index contributed by atoms with van der Waals surface area (Å²) < 4.78 is 0. The van der Waals surface area contributed by atoms with Crippen LogP contribution in [0.3, 0.4) is 0 Å². The number of nitrogens with zero attached hydrogens (tertiary/aromatic N) is 2. The molecule has 2 amide bonds. The fraction of sp³-hybridized carbons (Fsp3) is 0.333. The molecule has 4 N–H and O–H groups in total. The standard InChI is InChI=1S/C12H15N5O/c13-12(18)17-6-3-10-9(7-17)11(16-15-10)8-1-4-14-5-2-8/h1-2,4-5,11,15-16H,3,6-7H2,(H2,13,18). The van der Waals surface area contributed by atoms with Crippen LogP contribution >= 0.6 is 0 Å². The van der Waals surface area contributed by atoms with Crippen LogP contribution in [0.15, 0.2) is 35.8 Å². The number of nitrogens with one attached hydrogen (secondary N) is 2. The van der Waals surface area contributed by atoms with Gasteiger partial charge in [0.25, 0.3) is 0 Å². The highest BCUT2D eigenvalue weighted by molar-refractivity contribution is 5.72. The lowest BCUT2D eigenvalue weighted by Crippen LogP contribution is -2.41. The summed E-state index contributed by atoms with van der Waals surface area (Å²) in [5.74, 6) is 0. The van der Waals surface area contributed by atoms with Gasteiger partial charge in [0.15, 0.2) is 0 Å². The van der Waals surface area contributed by atoms with Crippen LogP contribution in [0.25, 0.3) is 0 Å². The van der Waals surface area contributed by atoms with Crippen molar-refractivity contribution < 1.29 is 4.79 Å². The fourth-order valence-corrected chi connectivity index (χ4v) is 2.47. The maximum absolute atomic E-state index is 11.3. The topological polar surface area (TPSA) is 83.3 Å². The summed E-state index contributed by atoms with van der Waals surface area (Å²) in [6, 6.07) is 3.67. The molecule has 6 nitrogen and oxygen atoms in total. The summed E-state index contributed by atoms with van der Waals surface area (Å²) in [4.78, 5) is 16.9. The predicted molar refractivity (Wildman–Crippen MR) is 66.0 cm³/mol. The van der Waals surface area contributed by atoms with Gasteiger partial charge in [0.2, 0.25) is 0 Å². The second-order valence-corrected chi connectivity index (χ2v) is 4.50. The number of nitrogens with two attached hydrogens (primary N) is 1. The van der Waals surface area contributed by atoms with Crippen LogP contribution in [0.5, 0.6) is 0 Å². The summed E-state index contributed by atoms with van der Waals surface area (Å²) in [6.45, 7) is 1.25. The van der Waals surface area contributed by atoms with Gasteiger partial charge in [0, 0.05) is 37.6 Å². The number of hydrogen-bond donors (Lipinski definition) is 3. The van der Waals surface area contributed by atoms with E-state index in [0.717, 1.165) is 12.0 Å². The first-order valence-corrected chi connectivity index (χ1v) is 5.93. The predicted octanol–water partition coefficient (Wildman–Crippen LogP) is 0.269. The Labute approximate surface area is 105 Å². The smallest absolute Gasteiger partial charge is 0.315 e. The lowest BCUT2D eigenvalue weighted by Gasteiger charge is -2.27. The molecular formula is C12H15N5O. The number of aromatic nitrogens is 1. The Hall–Kier alpha value is -2.08. The van der Waals surface area contributed by atoms with Crippen molar-refractivity contribution in [2.75, 3.05) is 13.1 Å². The van der Waals surface area contributed by atoms with Crippen molar-refractivity contribution in [3.8, 4) is 0 Å². The molecule has 0 aliphatic carbocycles. The van der Waals surface area contributed by atoms with E-state index in [0.29, 0.717) is 13.1 Å². The highest BCUT2D eigenvalue weighted by Gasteiger charge is 2.31. The molecule has 2 aliphatic rings. The number of primary amides is 1. The molecule has 18 heavy (non-hydrogen) atoms. The van der Waals surface area contributed by atoms with E-state index in [-0.39, 0.29) is 12.1 Å². The molecule has 0 bridgehead atoms. The van der Waals surface area contributed by atoms with Crippen molar-refractivity contribution in [1.29, 1.82) is 0 Å². The zero-order chi connectivity index (χ0) is 12.5. The van der Waals surface area contributed by atoms with E-state index in [1.165, 1.54) is 11.3 Å². The zero-order valence-corrected chi connectivity index (χ0v) is 9.89. The van der Waals surface area contributed by atoms with Crippen LogP contribution in [0.1, 0.15) is 18.0 Å². The maximum atomic E-state index is 11.3. The van der Waals surface area contributed by atoms with Gasteiger partial charge in [-0.25, -0.2) is 10.2 Å². The second-order valence-electron chi connectivity index (χ2n) is 4.50. The minimum atomic E-state index is -0.359. The summed E-state index contributed by atoms with van der Waals surface area (Å²) in [6.07, 6.45) is 4.35. The van der Waals surface area contributed by atoms with Crippen molar-refractivity contribution >= 4 is 6.03 Å². The van der Waals surface area contributed by atoms with E-state index < -0.39 is 0 Å². The number of carbonyl (C=O) groups is 1. The molecule has 94 valence electrons. The van der Waals surface area contributed by atoms with E-state index in [4.69, 9.17) is 5.73 Å². The molecule has 0 radical (unpaired) electrons. The Balaban J connectivity index is 1.87. The monoisotopic (exact) mass is 245 g/mol. The third-order valence-electron chi connectivity index (χ3n) is 3.45. The third-order valence-corrected chi connectivity index (χ3v) is 3.45. The lowest BCUT2D eigenvalue weighted by molar-refractivity contribution is 0.209. The molecule has 1 aromatic rings. The molecular weight excluding hydrogens is 230 g/mol. The van der Waals surface area contributed by atoms with Gasteiger partial charge in [-0.3, -0.25) is 4.98 Å². The number of hydrogen-bond acceptors (Lipinski definition) is 4. The molecule has 0 spiro atoms. The summed E-state index contributed by atoms with van der Waals surface area (Å²) in [5.41, 5.74) is 15.3. The quantitative estimate of drug-likeness (QED) is 0.663. The fourth-order valence-electron chi connectivity index (χ4n) is 2.47. The van der Waals surface area contributed by atoms with Crippen molar-refractivity contribution in [3.63, 3.8) is 0 Å². The minimum Gasteiger partial charge on any atom is -0.351 e. The maximum Gasteiger partial charge on any atom is 0.315 e. The highest BCUT2D eigenvalue weighted by atomic mass is 16.2. The molecule has 3 heterocycles. The Bertz CT molecular complexity index is 498. The van der Waals surface area contributed by atoms with E-state index in [1.54, 1.807) is 17.3 Å². The summed E-state index contributed by atoms with van der Waals surface area (Å²) >= 11 is 0. The Morgan fingerprint density at radius 1 is 1.44 bits per heavy atom. The van der Waals surface area contributed by atoms with Crippen molar-refractivity contribution in [1.82, 2.24) is 20.7 Å². The average molecular weight is 245 g/mol. The van der Waals surface area contributed by atoms with E-state index in [9.17, 15) is 4.79 Å². The van der Waals surface area contributed by atoms with Crippen molar-refractivity contribution in [2.45, 2.75) is 12.5 Å². The normalized spacial score (nSPS) is 22.7. The van der Waals surface area contributed by atoms with Crippen LogP contribution in [-0.4, -0.2) is 29.0 Å².